The van der Waals surface area contributed by atoms with Gasteiger partial charge in [-0.1, -0.05) is 48.5 Å². The molecule has 6 heteroatoms. The first-order valence-electron chi connectivity index (χ1n) is 7.65. The van der Waals surface area contributed by atoms with Gasteiger partial charge in [0.25, 0.3) is 0 Å². The normalized spacial score (nSPS) is 10.6. The fourth-order valence-corrected chi connectivity index (χ4v) is 2.31. The number of nitrogens with two attached hydrogens (primary N) is 2. The predicted octanol–water partition coefficient (Wildman–Crippen LogP) is 1.17. The van der Waals surface area contributed by atoms with Crippen LogP contribution in [0.4, 0.5) is 0 Å². The van der Waals surface area contributed by atoms with Crippen LogP contribution in [-0.4, -0.2) is 35.7 Å². The van der Waals surface area contributed by atoms with Crippen molar-refractivity contribution in [3.63, 3.8) is 0 Å². The average molecular weight is 337 g/mol. The highest BCUT2D eigenvalue weighted by Gasteiger charge is 2.15. The first-order valence-corrected chi connectivity index (χ1v) is 7.65. The first-order chi connectivity index (χ1) is 12.0. The number of rotatable bonds is 7. The average Bonchev–Trinajstić information content (AvgIpc) is 2.59. The Morgan fingerprint density at radius 2 is 1.44 bits per heavy atom. The number of benzene rings is 2. The van der Waals surface area contributed by atoms with E-state index < -0.39 is 17.7 Å². The number of hydrogen-bond acceptors (Lipinski definition) is 3. The summed E-state index contributed by atoms with van der Waals surface area (Å²) < 4.78 is 0. The molecule has 0 aliphatic heterocycles. The van der Waals surface area contributed by atoms with Crippen molar-refractivity contribution in [2.24, 2.45) is 11.5 Å². The molecule has 2 rings (SSSR count). The molecular weight excluding hydrogens is 318 g/mol. The minimum Gasteiger partial charge on any atom is -0.368 e. The van der Waals surface area contributed by atoms with Gasteiger partial charge in [0.15, 0.2) is 0 Å². The molecule has 4 N–H and O–H groups in total. The van der Waals surface area contributed by atoms with Crippen molar-refractivity contribution >= 4 is 23.8 Å². The van der Waals surface area contributed by atoms with E-state index in [0.717, 1.165) is 21.6 Å². The van der Waals surface area contributed by atoms with Gasteiger partial charge in [0.2, 0.25) is 17.7 Å². The van der Waals surface area contributed by atoms with E-state index in [0.29, 0.717) is 0 Å². The molecule has 0 saturated carbocycles. The molecule has 0 unspecified atom stereocenters. The first kappa shape index (κ1) is 17.9. The zero-order chi connectivity index (χ0) is 18.2. The molecule has 0 atom stereocenters. The SMILES string of the molecule is NC(=O)CN(CC(N)=O)C(=O)C=Cc1cccc(-c2ccccc2)c1. The fraction of sp³-hybridized carbons (Fsp3) is 0.105. The van der Waals surface area contributed by atoms with Crippen LogP contribution in [0.5, 0.6) is 0 Å². The van der Waals surface area contributed by atoms with Gasteiger partial charge in [0, 0.05) is 6.08 Å². The van der Waals surface area contributed by atoms with Crippen LogP contribution in [0, 0.1) is 0 Å². The van der Waals surface area contributed by atoms with Crippen molar-refractivity contribution in [3.8, 4) is 11.1 Å². The van der Waals surface area contributed by atoms with E-state index in [-0.39, 0.29) is 13.1 Å². The van der Waals surface area contributed by atoms with Gasteiger partial charge >= 0.3 is 0 Å². The largest absolute Gasteiger partial charge is 0.368 e. The van der Waals surface area contributed by atoms with E-state index in [4.69, 9.17) is 11.5 Å². The van der Waals surface area contributed by atoms with Crippen LogP contribution >= 0.6 is 0 Å². The number of amides is 3. The monoisotopic (exact) mass is 337 g/mol. The lowest BCUT2D eigenvalue weighted by molar-refractivity contribution is -0.134. The molecule has 0 radical (unpaired) electrons. The second-order valence-electron chi connectivity index (χ2n) is 5.45. The maximum absolute atomic E-state index is 12.2. The van der Waals surface area contributed by atoms with Gasteiger partial charge in [-0.15, -0.1) is 0 Å². The molecule has 2 aromatic carbocycles. The van der Waals surface area contributed by atoms with E-state index in [1.165, 1.54) is 6.08 Å². The van der Waals surface area contributed by atoms with Gasteiger partial charge in [-0.05, 0) is 28.8 Å². The van der Waals surface area contributed by atoms with E-state index in [1.807, 2.05) is 54.6 Å². The highest BCUT2D eigenvalue weighted by Crippen LogP contribution is 2.20. The summed E-state index contributed by atoms with van der Waals surface area (Å²) >= 11 is 0. The maximum atomic E-state index is 12.2. The lowest BCUT2D eigenvalue weighted by Gasteiger charge is -2.17. The number of nitrogens with zero attached hydrogens (tertiary/aromatic N) is 1. The van der Waals surface area contributed by atoms with Gasteiger partial charge in [-0.25, -0.2) is 0 Å². The second kappa shape index (κ2) is 8.44. The molecule has 0 saturated heterocycles. The van der Waals surface area contributed by atoms with Crippen LogP contribution in [0.2, 0.25) is 0 Å². The molecule has 0 aliphatic rings. The third-order valence-electron chi connectivity index (χ3n) is 3.42. The smallest absolute Gasteiger partial charge is 0.247 e. The number of hydrogen-bond donors (Lipinski definition) is 2. The summed E-state index contributed by atoms with van der Waals surface area (Å²) in [5.41, 5.74) is 13.1. The third kappa shape index (κ3) is 5.62. The van der Waals surface area contributed by atoms with Crippen molar-refractivity contribution in [1.29, 1.82) is 0 Å². The fourth-order valence-electron chi connectivity index (χ4n) is 2.31. The molecular formula is C19H19N3O3. The summed E-state index contributed by atoms with van der Waals surface area (Å²) in [6.07, 6.45) is 2.90. The van der Waals surface area contributed by atoms with Crippen LogP contribution in [0.1, 0.15) is 5.56 Å². The van der Waals surface area contributed by atoms with Gasteiger partial charge in [0.05, 0.1) is 0 Å². The zero-order valence-electron chi connectivity index (χ0n) is 13.6. The zero-order valence-corrected chi connectivity index (χ0v) is 13.6. The number of carbonyl (C=O) groups is 3. The van der Waals surface area contributed by atoms with Gasteiger partial charge in [-0.3, -0.25) is 14.4 Å². The molecule has 0 aliphatic carbocycles. The molecule has 0 fully saturated rings. The standard InChI is InChI=1S/C19H19N3O3/c20-17(23)12-22(13-18(21)24)19(25)10-9-14-5-4-8-16(11-14)15-6-2-1-3-7-15/h1-11H,12-13H2,(H2,20,23)(H2,21,24). The molecule has 6 nitrogen and oxygen atoms in total. The molecule has 0 spiro atoms. The van der Waals surface area contributed by atoms with Crippen molar-refractivity contribution < 1.29 is 14.4 Å². The molecule has 3 amide bonds. The Morgan fingerprint density at radius 1 is 0.840 bits per heavy atom. The Labute approximate surface area is 145 Å². The van der Waals surface area contributed by atoms with Crippen molar-refractivity contribution in [1.82, 2.24) is 4.90 Å². The van der Waals surface area contributed by atoms with Crippen molar-refractivity contribution in [2.75, 3.05) is 13.1 Å². The van der Waals surface area contributed by atoms with Crippen LogP contribution in [0.25, 0.3) is 17.2 Å². The molecule has 128 valence electrons. The van der Waals surface area contributed by atoms with E-state index in [1.54, 1.807) is 6.08 Å². The summed E-state index contributed by atoms with van der Waals surface area (Å²) in [5, 5.41) is 0. The number of primary amides is 2. The minimum absolute atomic E-state index is 0.365. The van der Waals surface area contributed by atoms with Crippen LogP contribution < -0.4 is 11.5 Å². The van der Waals surface area contributed by atoms with Crippen molar-refractivity contribution in [2.45, 2.75) is 0 Å². The van der Waals surface area contributed by atoms with E-state index >= 15 is 0 Å². The van der Waals surface area contributed by atoms with Crippen LogP contribution in [0.3, 0.4) is 0 Å². The molecule has 0 bridgehead atoms. The Morgan fingerprint density at radius 3 is 2.04 bits per heavy atom. The van der Waals surface area contributed by atoms with Crippen molar-refractivity contribution in [3.05, 3.63) is 66.2 Å². The summed E-state index contributed by atoms with van der Waals surface area (Å²) in [7, 11) is 0. The Kier molecular flexibility index (Phi) is 6.06. The van der Waals surface area contributed by atoms with E-state index in [2.05, 4.69) is 0 Å². The number of carbonyl (C=O) groups excluding carboxylic acids is 3. The lowest BCUT2D eigenvalue weighted by Crippen LogP contribution is -2.42. The second-order valence-corrected chi connectivity index (χ2v) is 5.45. The minimum atomic E-state index is -0.714. The van der Waals surface area contributed by atoms with Gasteiger partial charge in [0.1, 0.15) is 13.1 Å². The lowest BCUT2D eigenvalue weighted by atomic mass is 10.0. The summed E-state index contributed by atoms with van der Waals surface area (Å²) in [4.78, 5) is 35.2. The summed E-state index contributed by atoms with van der Waals surface area (Å²) in [5.74, 6) is -1.94. The Hall–Kier alpha value is -3.41. The Balaban J connectivity index is 2.15. The molecule has 0 heterocycles. The van der Waals surface area contributed by atoms with Crippen LogP contribution in [-0.2, 0) is 14.4 Å². The van der Waals surface area contributed by atoms with E-state index in [9.17, 15) is 14.4 Å². The highest BCUT2D eigenvalue weighted by atomic mass is 16.2. The topological polar surface area (TPSA) is 106 Å². The predicted molar refractivity (Wildman–Crippen MR) is 95.9 cm³/mol. The quantitative estimate of drug-likeness (QED) is 0.740. The van der Waals surface area contributed by atoms with Crippen LogP contribution in [0.15, 0.2) is 60.7 Å². The summed E-state index contributed by atoms with van der Waals surface area (Å²) in [6.45, 7) is -0.730. The molecule has 25 heavy (non-hydrogen) atoms. The maximum Gasteiger partial charge on any atom is 0.247 e. The van der Waals surface area contributed by atoms with Gasteiger partial charge < -0.3 is 16.4 Å². The third-order valence-corrected chi connectivity index (χ3v) is 3.42. The summed E-state index contributed by atoms with van der Waals surface area (Å²) in [6, 6.07) is 17.5. The molecule has 2 aromatic rings. The Bertz CT molecular complexity index is 785. The molecule has 0 aromatic heterocycles. The van der Waals surface area contributed by atoms with Gasteiger partial charge in [-0.2, -0.15) is 0 Å². The highest BCUT2D eigenvalue weighted by molar-refractivity contribution is 5.96.